The third kappa shape index (κ3) is 5.66. The van der Waals surface area contributed by atoms with Gasteiger partial charge in [0.2, 0.25) is 5.91 Å². The number of carbonyl (C=O) groups excluding carboxylic acids is 1. The fraction of sp³-hybridized carbons (Fsp3) is 0.130. The van der Waals surface area contributed by atoms with Gasteiger partial charge in [0.15, 0.2) is 0 Å². The fourth-order valence-electron chi connectivity index (χ4n) is 3.06. The predicted octanol–water partition coefficient (Wildman–Crippen LogP) is 4.42. The van der Waals surface area contributed by atoms with E-state index in [1.54, 1.807) is 6.20 Å². The monoisotopic (exact) mass is 413 g/mol. The highest BCUT2D eigenvalue weighted by atomic mass is 16.1. The zero-order chi connectivity index (χ0) is 21.6. The molecule has 0 aliphatic carbocycles. The van der Waals surface area contributed by atoms with Crippen molar-refractivity contribution in [3.05, 3.63) is 84.6 Å². The number of rotatable bonds is 7. The van der Waals surface area contributed by atoms with Crippen LogP contribution in [0.15, 0.2) is 73.2 Å². The van der Waals surface area contributed by atoms with Gasteiger partial charge in [-0.2, -0.15) is 0 Å². The number of nitrogens with zero attached hydrogens (tertiary/aromatic N) is 4. The zero-order valence-electron chi connectivity index (χ0n) is 17.3. The van der Waals surface area contributed by atoms with Crippen molar-refractivity contribution in [2.45, 2.75) is 20.4 Å². The van der Waals surface area contributed by atoms with Gasteiger partial charge in [-0.15, -0.1) is 0 Å². The Morgan fingerprint density at radius 1 is 0.871 bits per heavy atom. The molecule has 0 aliphatic rings. The Hall–Kier alpha value is -4.20. The molecule has 0 aliphatic heterocycles. The van der Waals surface area contributed by atoms with Crippen LogP contribution >= 0.6 is 0 Å². The summed E-state index contributed by atoms with van der Waals surface area (Å²) in [7, 11) is 0. The molecule has 3 aromatic heterocycles. The summed E-state index contributed by atoms with van der Waals surface area (Å²) in [5, 5.41) is 9.37. The molecular formula is C23H23N7O. The van der Waals surface area contributed by atoms with Crippen LogP contribution in [0.2, 0.25) is 0 Å². The molecule has 4 rings (SSSR count). The van der Waals surface area contributed by atoms with Gasteiger partial charge in [0.05, 0.1) is 0 Å². The minimum absolute atomic E-state index is 0.0798. The number of hydrogen-bond acceptors (Lipinski definition) is 6. The Balaban J connectivity index is 1.40. The number of anilines is 5. The third-order valence-electron chi connectivity index (χ3n) is 4.44. The minimum atomic E-state index is -0.0798. The van der Waals surface area contributed by atoms with E-state index in [-0.39, 0.29) is 12.5 Å². The van der Waals surface area contributed by atoms with E-state index in [2.05, 4.69) is 30.9 Å². The first-order valence-corrected chi connectivity index (χ1v) is 9.86. The van der Waals surface area contributed by atoms with Crippen molar-refractivity contribution in [3.8, 4) is 0 Å². The Morgan fingerprint density at radius 3 is 2.26 bits per heavy atom. The van der Waals surface area contributed by atoms with Crippen molar-refractivity contribution in [1.29, 1.82) is 0 Å². The summed E-state index contributed by atoms with van der Waals surface area (Å²) >= 11 is 0. The topological polar surface area (TPSA) is 96.8 Å². The standard InChI is InChI=1S/C23H23N7O/c1-16-9-10-24-20(13-16)29-22-14-21(25-17(2)26-22)27-18-5-7-19(8-6-18)28-23(31)15-30-11-3-4-12-30/h3-14H,15H2,1-2H3,(H,28,31)(H2,24,25,26,27,29). The Labute approximate surface area is 180 Å². The number of pyridine rings is 1. The average molecular weight is 413 g/mol. The van der Waals surface area contributed by atoms with Crippen molar-refractivity contribution < 1.29 is 4.79 Å². The largest absolute Gasteiger partial charge is 0.345 e. The van der Waals surface area contributed by atoms with E-state index < -0.39 is 0 Å². The number of hydrogen-bond donors (Lipinski definition) is 3. The van der Waals surface area contributed by atoms with Crippen LogP contribution in [0, 0.1) is 13.8 Å². The summed E-state index contributed by atoms with van der Waals surface area (Å²) in [5.41, 5.74) is 2.69. The summed E-state index contributed by atoms with van der Waals surface area (Å²) < 4.78 is 1.82. The van der Waals surface area contributed by atoms with Gasteiger partial charge in [-0.1, -0.05) is 0 Å². The lowest BCUT2D eigenvalue weighted by Gasteiger charge is -2.11. The first-order chi connectivity index (χ1) is 15.0. The fourth-order valence-corrected chi connectivity index (χ4v) is 3.06. The van der Waals surface area contributed by atoms with E-state index in [0.717, 1.165) is 22.8 Å². The molecule has 4 aromatic rings. The average Bonchev–Trinajstić information content (AvgIpc) is 3.22. The van der Waals surface area contributed by atoms with Gasteiger partial charge in [-0.25, -0.2) is 15.0 Å². The lowest BCUT2D eigenvalue weighted by Crippen LogP contribution is -2.17. The van der Waals surface area contributed by atoms with Gasteiger partial charge in [0.1, 0.15) is 29.8 Å². The summed E-state index contributed by atoms with van der Waals surface area (Å²) in [5.74, 6) is 2.59. The molecule has 0 fully saturated rings. The maximum absolute atomic E-state index is 12.1. The van der Waals surface area contributed by atoms with Crippen molar-refractivity contribution in [2.75, 3.05) is 16.0 Å². The van der Waals surface area contributed by atoms with Crippen molar-refractivity contribution in [3.63, 3.8) is 0 Å². The number of benzene rings is 1. The highest BCUT2D eigenvalue weighted by molar-refractivity contribution is 5.90. The molecule has 8 nitrogen and oxygen atoms in total. The summed E-state index contributed by atoms with van der Waals surface area (Å²) in [6, 6.07) is 17.0. The van der Waals surface area contributed by atoms with Crippen LogP contribution in [0.5, 0.6) is 0 Å². The molecule has 0 bridgehead atoms. The molecule has 156 valence electrons. The predicted molar refractivity (Wildman–Crippen MR) is 122 cm³/mol. The van der Waals surface area contributed by atoms with Crippen LogP contribution in [-0.2, 0) is 11.3 Å². The second kappa shape index (κ2) is 9.08. The smallest absolute Gasteiger partial charge is 0.244 e. The van der Waals surface area contributed by atoms with E-state index in [9.17, 15) is 4.79 Å². The van der Waals surface area contributed by atoms with Crippen molar-refractivity contribution in [1.82, 2.24) is 19.5 Å². The van der Waals surface area contributed by atoms with E-state index >= 15 is 0 Å². The van der Waals surface area contributed by atoms with Crippen LogP contribution in [0.1, 0.15) is 11.4 Å². The van der Waals surface area contributed by atoms with Gasteiger partial charge >= 0.3 is 0 Å². The van der Waals surface area contributed by atoms with Gasteiger partial charge in [0.25, 0.3) is 0 Å². The molecule has 0 unspecified atom stereocenters. The summed E-state index contributed by atoms with van der Waals surface area (Å²) in [4.78, 5) is 25.3. The molecule has 0 radical (unpaired) electrons. The molecule has 8 heteroatoms. The van der Waals surface area contributed by atoms with Crippen LogP contribution in [0.4, 0.5) is 28.8 Å². The van der Waals surface area contributed by atoms with Gasteiger partial charge < -0.3 is 20.5 Å². The number of carbonyl (C=O) groups is 1. The van der Waals surface area contributed by atoms with E-state index in [1.165, 1.54) is 0 Å². The molecule has 3 N–H and O–H groups in total. The van der Waals surface area contributed by atoms with Crippen LogP contribution in [-0.4, -0.2) is 25.4 Å². The maximum atomic E-state index is 12.1. The lowest BCUT2D eigenvalue weighted by molar-refractivity contribution is -0.116. The number of aryl methyl sites for hydroxylation is 2. The Morgan fingerprint density at radius 2 is 1.55 bits per heavy atom. The molecule has 0 atom stereocenters. The molecule has 1 amide bonds. The second-order valence-electron chi connectivity index (χ2n) is 7.13. The third-order valence-corrected chi connectivity index (χ3v) is 4.44. The Bertz CT molecular complexity index is 1170. The molecule has 3 heterocycles. The van der Waals surface area contributed by atoms with E-state index in [1.807, 2.05) is 85.4 Å². The van der Waals surface area contributed by atoms with Crippen LogP contribution < -0.4 is 16.0 Å². The molecular weight excluding hydrogens is 390 g/mol. The van der Waals surface area contributed by atoms with Gasteiger partial charge in [-0.05, 0) is 67.9 Å². The van der Waals surface area contributed by atoms with Gasteiger partial charge in [-0.3, -0.25) is 4.79 Å². The summed E-state index contributed by atoms with van der Waals surface area (Å²) in [6.07, 6.45) is 5.46. The zero-order valence-corrected chi connectivity index (χ0v) is 17.3. The molecule has 0 spiro atoms. The van der Waals surface area contributed by atoms with E-state index in [4.69, 9.17) is 0 Å². The highest BCUT2D eigenvalue weighted by Crippen LogP contribution is 2.21. The molecule has 1 aromatic carbocycles. The second-order valence-corrected chi connectivity index (χ2v) is 7.13. The summed E-state index contributed by atoms with van der Waals surface area (Å²) in [6.45, 7) is 4.12. The molecule has 31 heavy (non-hydrogen) atoms. The molecule has 0 saturated carbocycles. The quantitative estimate of drug-likeness (QED) is 0.415. The number of nitrogens with one attached hydrogen (secondary N) is 3. The van der Waals surface area contributed by atoms with Crippen LogP contribution in [0.25, 0.3) is 0 Å². The first kappa shape index (κ1) is 20.1. The molecule has 0 saturated heterocycles. The van der Waals surface area contributed by atoms with Crippen molar-refractivity contribution in [2.24, 2.45) is 0 Å². The number of aromatic nitrogens is 4. The SMILES string of the molecule is Cc1ccnc(Nc2cc(Nc3ccc(NC(=O)Cn4cccc4)cc3)nc(C)n2)c1. The lowest BCUT2D eigenvalue weighted by atomic mass is 10.2. The first-order valence-electron chi connectivity index (χ1n) is 9.86. The van der Waals surface area contributed by atoms with Crippen molar-refractivity contribution >= 4 is 34.7 Å². The number of amides is 1. The van der Waals surface area contributed by atoms with E-state index in [0.29, 0.717) is 17.5 Å². The normalized spacial score (nSPS) is 10.5. The minimum Gasteiger partial charge on any atom is -0.345 e. The maximum Gasteiger partial charge on any atom is 0.244 e. The highest BCUT2D eigenvalue weighted by Gasteiger charge is 2.06. The van der Waals surface area contributed by atoms with Crippen LogP contribution in [0.3, 0.4) is 0 Å². The Kier molecular flexibility index (Phi) is 5.89. The van der Waals surface area contributed by atoms with Gasteiger partial charge in [0, 0.05) is 36.0 Å².